The zero-order chi connectivity index (χ0) is 22.3. The lowest BCUT2D eigenvalue weighted by Gasteiger charge is -2.21. The van der Waals surface area contributed by atoms with Gasteiger partial charge in [-0.15, -0.1) is 0 Å². The molecule has 3 aromatic carbocycles. The molecule has 0 atom stereocenters. The van der Waals surface area contributed by atoms with Gasteiger partial charge in [0, 0.05) is 31.9 Å². The minimum absolute atomic E-state index is 0.0864. The Bertz CT molecular complexity index is 1170. The molecule has 0 radical (unpaired) electrons. The van der Waals surface area contributed by atoms with Crippen molar-refractivity contribution in [3.63, 3.8) is 0 Å². The summed E-state index contributed by atoms with van der Waals surface area (Å²) < 4.78 is 10.9. The van der Waals surface area contributed by atoms with E-state index in [0.717, 1.165) is 46.6 Å². The molecule has 0 bridgehead atoms. The lowest BCUT2D eigenvalue weighted by atomic mass is 10.0. The number of carbonyl (C=O) groups excluding carboxylic acids is 1. The number of benzene rings is 3. The molecular weight excluding hydrogens is 418 g/mol. The van der Waals surface area contributed by atoms with Crippen molar-refractivity contribution in [2.24, 2.45) is 0 Å². The molecule has 0 fully saturated rings. The van der Waals surface area contributed by atoms with Gasteiger partial charge in [-0.3, -0.25) is 4.79 Å². The molecule has 0 aliphatic heterocycles. The third kappa shape index (κ3) is 5.26. The number of rotatable bonds is 9. The highest BCUT2D eigenvalue weighted by atomic mass is 32.1. The number of nitrogens with zero attached hydrogens (tertiary/aromatic N) is 2. The highest BCUT2D eigenvalue weighted by Gasteiger charge is 2.10. The first-order chi connectivity index (χ1) is 15.6. The van der Waals surface area contributed by atoms with Crippen LogP contribution < -0.4 is 10.1 Å². The Morgan fingerprint density at radius 2 is 1.69 bits per heavy atom. The monoisotopic (exact) mass is 445 g/mol. The molecular formula is C26H27N3O2S. The number of fused-ring (bicyclic) bond motifs is 1. The van der Waals surface area contributed by atoms with Crippen LogP contribution in [0.2, 0.25) is 0 Å². The summed E-state index contributed by atoms with van der Waals surface area (Å²) in [5.74, 6) is 1.86. The summed E-state index contributed by atoms with van der Waals surface area (Å²) in [7, 11) is 1.67. The summed E-state index contributed by atoms with van der Waals surface area (Å²) in [6.07, 6.45) is 0.857. The highest BCUT2D eigenvalue weighted by Crippen LogP contribution is 2.26. The number of amides is 1. The molecule has 4 rings (SSSR count). The van der Waals surface area contributed by atoms with E-state index in [9.17, 15) is 4.79 Å². The number of hydrogen-bond acceptors (Lipinski definition) is 5. The van der Waals surface area contributed by atoms with Crippen LogP contribution in [-0.2, 0) is 11.3 Å². The van der Waals surface area contributed by atoms with E-state index >= 15 is 0 Å². The summed E-state index contributed by atoms with van der Waals surface area (Å²) in [5, 5.41) is 4.56. The van der Waals surface area contributed by atoms with Gasteiger partial charge in [-0.05, 0) is 58.9 Å². The summed E-state index contributed by atoms with van der Waals surface area (Å²) in [4.78, 5) is 14.1. The third-order valence-corrected chi connectivity index (χ3v) is 6.30. The molecule has 1 N–H and O–H groups in total. The first kappa shape index (κ1) is 21.8. The van der Waals surface area contributed by atoms with E-state index < -0.39 is 0 Å². The largest absolute Gasteiger partial charge is 0.497 e. The smallest absolute Gasteiger partial charge is 0.219 e. The van der Waals surface area contributed by atoms with Crippen LogP contribution in [0.1, 0.15) is 18.9 Å². The number of ether oxygens (including phenoxy) is 1. The van der Waals surface area contributed by atoms with Gasteiger partial charge in [0.2, 0.25) is 5.91 Å². The molecule has 0 saturated heterocycles. The van der Waals surface area contributed by atoms with E-state index in [4.69, 9.17) is 4.74 Å². The lowest BCUT2D eigenvalue weighted by Crippen LogP contribution is -2.30. The highest BCUT2D eigenvalue weighted by molar-refractivity contribution is 7.13. The first-order valence-corrected chi connectivity index (χ1v) is 11.5. The average molecular weight is 446 g/mol. The number of carbonyl (C=O) groups is 1. The minimum Gasteiger partial charge on any atom is -0.497 e. The molecule has 6 heteroatoms. The molecule has 1 amide bonds. The molecule has 164 valence electrons. The Balaban J connectivity index is 1.31. The number of nitrogens with one attached hydrogen (secondary N) is 1. The number of aromatic nitrogens is 1. The fraction of sp³-hybridized carbons (Fsp3) is 0.231. The van der Waals surface area contributed by atoms with Crippen molar-refractivity contribution in [1.29, 1.82) is 0 Å². The number of hydrogen-bond donors (Lipinski definition) is 1. The summed E-state index contributed by atoms with van der Waals surface area (Å²) in [6, 6.07) is 24.6. The van der Waals surface area contributed by atoms with Gasteiger partial charge >= 0.3 is 0 Å². The van der Waals surface area contributed by atoms with E-state index in [-0.39, 0.29) is 5.91 Å². The Kier molecular flexibility index (Phi) is 7.02. The predicted octanol–water partition coefficient (Wildman–Crippen LogP) is 5.82. The minimum atomic E-state index is 0.0864. The normalized spacial score (nSPS) is 10.8. The Hall–Kier alpha value is -3.38. The Morgan fingerprint density at radius 3 is 2.38 bits per heavy atom. The quantitative estimate of drug-likeness (QED) is 0.330. The standard InChI is InChI=1S/C26H27N3O2S/c1-19(30)29(17-5-16-27-26-24-6-3-4-7-25(24)32-28-26)18-20-8-10-21(11-9-20)22-12-14-23(31-2)15-13-22/h3-4,6-15H,5,16-18H2,1-2H3,(H,27,28). The third-order valence-electron chi connectivity index (χ3n) is 5.47. The van der Waals surface area contributed by atoms with E-state index in [1.165, 1.54) is 16.2 Å². The van der Waals surface area contributed by atoms with Gasteiger partial charge in [-0.1, -0.05) is 48.5 Å². The summed E-state index contributed by atoms with van der Waals surface area (Å²) in [5.41, 5.74) is 3.41. The van der Waals surface area contributed by atoms with Crippen LogP contribution >= 0.6 is 11.5 Å². The van der Waals surface area contributed by atoms with Crippen LogP contribution in [0.25, 0.3) is 21.2 Å². The van der Waals surface area contributed by atoms with Gasteiger partial charge < -0.3 is 15.0 Å². The van der Waals surface area contributed by atoms with Crippen molar-refractivity contribution in [2.75, 3.05) is 25.5 Å². The van der Waals surface area contributed by atoms with E-state index in [0.29, 0.717) is 13.1 Å². The van der Waals surface area contributed by atoms with Gasteiger partial charge in [-0.25, -0.2) is 0 Å². The average Bonchev–Trinajstić information content (AvgIpc) is 3.24. The van der Waals surface area contributed by atoms with E-state index in [2.05, 4.69) is 46.1 Å². The van der Waals surface area contributed by atoms with Crippen molar-refractivity contribution >= 4 is 33.3 Å². The van der Waals surface area contributed by atoms with Crippen molar-refractivity contribution in [3.8, 4) is 16.9 Å². The number of methoxy groups -OCH3 is 1. The van der Waals surface area contributed by atoms with Crippen molar-refractivity contribution in [2.45, 2.75) is 19.9 Å². The van der Waals surface area contributed by atoms with Crippen LogP contribution in [-0.4, -0.2) is 35.4 Å². The maximum atomic E-state index is 12.2. The van der Waals surface area contributed by atoms with Gasteiger partial charge in [0.25, 0.3) is 0 Å². The van der Waals surface area contributed by atoms with Gasteiger partial charge in [0.15, 0.2) is 0 Å². The second-order valence-electron chi connectivity index (χ2n) is 7.67. The topological polar surface area (TPSA) is 54.5 Å². The molecule has 1 aromatic heterocycles. The maximum Gasteiger partial charge on any atom is 0.219 e. The Labute approximate surface area is 192 Å². The molecule has 5 nitrogen and oxygen atoms in total. The van der Waals surface area contributed by atoms with Crippen LogP contribution in [0.5, 0.6) is 5.75 Å². The summed E-state index contributed by atoms with van der Waals surface area (Å²) >= 11 is 1.50. The fourth-order valence-corrected chi connectivity index (χ4v) is 4.40. The molecule has 32 heavy (non-hydrogen) atoms. The van der Waals surface area contributed by atoms with Gasteiger partial charge in [0.05, 0.1) is 11.8 Å². The van der Waals surface area contributed by atoms with E-state index in [1.54, 1.807) is 14.0 Å². The van der Waals surface area contributed by atoms with Crippen LogP contribution in [0.15, 0.2) is 72.8 Å². The molecule has 0 spiro atoms. The number of anilines is 1. The fourth-order valence-electron chi connectivity index (χ4n) is 3.64. The first-order valence-electron chi connectivity index (χ1n) is 10.7. The molecule has 0 aliphatic rings. The second kappa shape index (κ2) is 10.3. The van der Waals surface area contributed by atoms with Crippen LogP contribution in [0.4, 0.5) is 5.82 Å². The maximum absolute atomic E-state index is 12.2. The van der Waals surface area contributed by atoms with Crippen molar-refractivity contribution in [1.82, 2.24) is 9.27 Å². The summed E-state index contributed by atoms with van der Waals surface area (Å²) in [6.45, 7) is 3.71. The molecule has 0 aliphatic carbocycles. The Morgan fingerprint density at radius 1 is 1.00 bits per heavy atom. The SMILES string of the molecule is COc1ccc(-c2ccc(CN(CCCNc3nsc4ccccc34)C(C)=O)cc2)cc1. The second-order valence-corrected chi connectivity index (χ2v) is 8.48. The van der Waals surface area contributed by atoms with Crippen molar-refractivity contribution in [3.05, 3.63) is 78.4 Å². The van der Waals surface area contributed by atoms with Crippen LogP contribution in [0.3, 0.4) is 0 Å². The predicted molar refractivity (Wildman–Crippen MR) is 132 cm³/mol. The molecule has 1 heterocycles. The molecule has 4 aromatic rings. The zero-order valence-electron chi connectivity index (χ0n) is 18.4. The van der Waals surface area contributed by atoms with Gasteiger partial charge in [-0.2, -0.15) is 4.37 Å². The van der Waals surface area contributed by atoms with E-state index in [1.807, 2.05) is 41.3 Å². The zero-order valence-corrected chi connectivity index (χ0v) is 19.2. The lowest BCUT2D eigenvalue weighted by molar-refractivity contribution is -0.129. The van der Waals surface area contributed by atoms with Gasteiger partial charge in [0.1, 0.15) is 11.6 Å². The molecule has 0 saturated carbocycles. The van der Waals surface area contributed by atoms with Crippen LogP contribution in [0, 0.1) is 0 Å². The van der Waals surface area contributed by atoms with Crippen molar-refractivity contribution < 1.29 is 9.53 Å². The molecule has 0 unspecified atom stereocenters.